The van der Waals surface area contributed by atoms with Gasteiger partial charge >= 0.3 is 5.97 Å². The van der Waals surface area contributed by atoms with Gasteiger partial charge in [-0.05, 0) is 42.8 Å². The fourth-order valence-electron chi connectivity index (χ4n) is 3.59. The summed E-state index contributed by atoms with van der Waals surface area (Å²) < 4.78 is 4.69. The Balaban J connectivity index is 1.60. The largest absolute Gasteiger partial charge is 0.465 e. The van der Waals surface area contributed by atoms with Crippen LogP contribution in [0.5, 0.6) is 0 Å². The predicted octanol–water partition coefficient (Wildman–Crippen LogP) is 6.11. The van der Waals surface area contributed by atoms with Crippen LogP contribution in [-0.4, -0.2) is 29.7 Å². The van der Waals surface area contributed by atoms with E-state index in [1.165, 1.54) is 18.9 Å². The van der Waals surface area contributed by atoms with E-state index in [-0.39, 0.29) is 11.7 Å². The second-order valence-electron chi connectivity index (χ2n) is 7.98. The highest BCUT2D eigenvalue weighted by Crippen LogP contribution is 2.34. The van der Waals surface area contributed by atoms with Gasteiger partial charge < -0.3 is 10.1 Å². The van der Waals surface area contributed by atoms with Crippen LogP contribution in [0.3, 0.4) is 0 Å². The number of thioether (sulfide) groups is 1. The molecular weight excluding hydrogens is 470 g/mol. The molecule has 4 rings (SSSR count). The summed E-state index contributed by atoms with van der Waals surface area (Å²) in [7, 11) is 1.32. The Bertz CT molecular complexity index is 1430. The SMILES string of the molecule is COC(=O)c1ccc(NC(=O)CSc2nc(-c3ccc(C)cc3)cc(-c3ccccc3)c2C#N)cc1. The van der Waals surface area contributed by atoms with E-state index in [0.717, 1.165) is 27.9 Å². The van der Waals surface area contributed by atoms with Gasteiger partial charge in [-0.15, -0.1) is 0 Å². The van der Waals surface area contributed by atoms with Gasteiger partial charge in [0.15, 0.2) is 0 Å². The number of benzene rings is 3. The summed E-state index contributed by atoms with van der Waals surface area (Å²) in [6.45, 7) is 2.02. The molecule has 0 aliphatic carbocycles. The van der Waals surface area contributed by atoms with Crippen molar-refractivity contribution in [2.45, 2.75) is 11.9 Å². The van der Waals surface area contributed by atoms with Crippen LogP contribution in [0.15, 0.2) is 90.0 Å². The van der Waals surface area contributed by atoms with Gasteiger partial charge in [-0.3, -0.25) is 4.79 Å². The van der Waals surface area contributed by atoms with Crippen molar-refractivity contribution < 1.29 is 14.3 Å². The number of rotatable bonds is 7. The molecule has 36 heavy (non-hydrogen) atoms. The third kappa shape index (κ3) is 5.80. The van der Waals surface area contributed by atoms with Gasteiger partial charge in [-0.25, -0.2) is 9.78 Å². The molecule has 0 radical (unpaired) electrons. The van der Waals surface area contributed by atoms with Crippen molar-refractivity contribution in [1.29, 1.82) is 5.26 Å². The molecule has 0 aliphatic rings. The van der Waals surface area contributed by atoms with Gasteiger partial charge in [-0.1, -0.05) is 71.9 Å². The topological polar surface area (TPSA) is 92.1 Å². The second-order valence-corrected chi connectivity index (χ2v) is 8.95. The minimum Gasteiger partial charge on any atom is -0.465 e. The van der Waals surface area contributed by atoms with Crippen LogP contribution < -0.4 is 5.32 Å². The van der Waals surface area contributed by atoms with Crippen LogP contribution in [0.4, 0.5) is 5.69 Å². The van der Waals surface area contributed by atoms with Crippen LogP contribution in [0, 0.1) is 18.3 Å². The number of nitrogens with one attached hydrogen (secondary N) is 1. The van der Waals surface area contributed by atoms with Crippen molar-refractivity contribution in [2.75, 3.05) is 18.2 Å². The fraction of sp³-hybridized carbons (Fsp3) is 0.103. The zero-order valence-corrected chi connectivity index (χ0v) is 20.6. The number of aromatic nitrogens is 1. The molecule has 0 unspecified atom stereocenters. The maximum Gasteiger partial charge on any atom is 0.337 e. The Morgan fingerprint density at radius 2 is 1.67 bits per heavy atom. The first-order valence-electron chi connectivity index (χ1n) is 11.2. The van der Waals surface area contributed by atoms with E-state index in [9.17, 15) is 14.9 Å². The molecule has 0 spiro atoms. The monoisotopic (exact) mass is 493 g/mol. The molecule has 3 aromatic carbocycles. The molecule has 1 amide bonds. The van der Waals surface area contributed by atoms with Crippen LogP contribution in [0.2, 0.25) is 0 Å². The summed E-state index contributed by atoms with van der Waals surface area (Å²) in [6, 6.07) is 28.4. The molecule has 1 aromatic heterocycles. The standard InChI is InChI=1S/C29H23N3O3S/c1-19-8-10-21(11-9-19)26-16-24(20-6-4-3-5-7-20)25(17-30)28(32-26)36-18-27(33)31-23-14-12-22(13-15-23)29(34)35-2/h3-16H,18H2,1-2H3,(H,31,33). The van der Waals surface area contributed by atoms with Crippen molar-refractivity contribution >= 4 is 29.3 Å². The van der Waals surface area contributed by atoms with E-state index in [1.54, 1.807) is 24.3 Å². The van der Waals surface area contributed by atoms with Gasteiger partial charge in [0.2, 0.25) is 5.91 Å². The van der Waals surface area contributed by atoms with Crippen molar-refractivity contribution in [1.82, 2.24) is 4.98 Å². The minimum absolute atomic E-state index is 0.0615. The number of ether oxygens (including phenoxy) is 1. The number of methoxy groups -OCH3 is 1. The Kier molecular flexibility index (Phi) is 7.79. The number of esters is 1. The smallest absolute Gasteiger partial charge is 0.337 e. The summed E-state index contributed by atoms with van der Waals surface area (Å²) in [5, 5.41) is 13.3. The highest BCUT2D eigenvalue weighted by Gasteiger charge is 2.17. The predicted molar refractivity (Wildman–Crippen MR) is 142 cm³/mol. The number of pyridine rings is 1. The van der Waals surface area contributed by atoms with Crippen molar-refractivity contribution in [3.05, 3.63) is 102 Å². The van der Waals surface area contributed by atoms with E-state index >= 15 is 0 Å². The van der Waals surface area contributed by atoms with Crippen LogP contribution in [-0.2, 0) is 9.53 Å². The van der Waals surface area contributed by atoms with E-state index in [4.69, 9.17) is 9.72 Å². The van der Waals surface area contributed by atoms with Crippen LogP contribution in [0.25, 0.3) is 22.4 Å². The summed E-state index contributed by atoms with van der Waals surface area (Å²) in [6.07, 6.45) is 0. The second kappa shape index (κ2) is 11.3. The fourth-order valence-corrected chi connectivity index (χ4v) is 4.39. The molecule has 1 heterocycles. The number of carbonyl (C=O) groups is 2. The summed E-state index contributed by atoms with van der Waals surface area (Å²) >= 11 is 1.21. The Hall–Kier alpha value is -4.41. The van der Waals surface area contributed by atoms with Crippen molar-refractivity contribution in [3.63, 3.8) is 0 Å². The molecule has 0 atom stereocenters. The molecule has 0 aliphatic heterocycles. The number of hydrogen-bond acceptors (Lipinski definition) is 6. The Morgan fingerprint density at radius 1 is 0.972 bits per heavy atom. The summed E-state index contributed by atoms with van der Waals surface area (Å²) in [4.78, 5) is 29.0. The maximum absolute atomic E-state index is 12.7. The third-order valence-electron chi connectivity index (χ3n) is 5.46. The average molecular weight is 494 g/mol. The Morgan fingerprint density at radius 3 is 2.31 bits per heavy atom. The number of anilines is 1. The molecule has 4 aromatic rings. The van der Waals surface area contributed by atoms with Crippen LogP contribution >= 0.6 is 11.8 Å². The van der Waals surface area contributed by atoms with Gasteiger partial charge in [0.05, 0.1) is 29.7 Å². The lowest BCUT2D eigenvalue weighted by molar-refractivity contribution is -0.113. The first-order chi connectivity index (χ1) is 17.5. The average Bonchev–Trinajstić information content (AvgIpc) is 2.92. The Labute approximate surface area is 214 Å². The molecule has 0 bridgehead atoms. The lowest BCUT2D eigenvalue weighted by Crippen LogP contribution is -2.14. The van der Waals surface area contributed by atoms with Gasteiger partial charge in [-0.2, -0.15) is 5.26 Å². The number of aryl methyl sites for hydroxylation is 1. The van der Waals surface area contributed by atoms with Crippen molar-refractivity contribution in [2.24, 2.45) is 0 Å². The molecule has 0 saturated carbocycles. The molecule has 1 N–H and O–H groups in total. The number of nitrogens with zero attached hydrogens (tertiary/aromatic N) is 2. The zero-order chi connectivity index (χ0) is 25.5. The molecule has 178 valence electrons. The zero-order valence-electron chi connectivity index (χ0n) is 19.8. The summed E-state index contributed by atoms with van der Waals surface area (Å²) in [5.41, 5.74) is 5.85. The molecular formula is C29H23N3O3S. The van der Waals surface area contributed by atoms with Gasteiger partial charge in [0, 0.05) is 16.8 Å². The lowest BCUT2D eigenvalue weighted by atomic mass is 9.99. The molecule has 0 saturated heterocycles. The first-order valence-corrected chi connectivity index (χ1v) is 12.2. The number of carbonyl (C=O) groups excluding carboxylic acids is 2. The minimum atomic E-state index is -0.443. The molecule has 0 fully saturated rings. The van der Waals surface area contributed by atoms with Crippen LogP contribution in [0.1, 0.15) is 21.5 Å². The van der Waals surface area contributed by atoms with Gasteiger partial charge in [0.25, 0.3) is 0 Å². The quantitative estimate of drug-likeness (QED) is 0.247. The van der Waals surface area contributed by atoms with E-state index < -0.39 is 5.97 Å². The highest BCUT2D eigenvalue weighted by atomic mass is 32.2. The van der Waals surface area contributed by atoms with E-state index in [1.807, 2.05) is 67.6 Å². The van der Waals surface area contributed by atoms with Crippen molar-refractivity contribution in [3.8, 4) is 28.5 Å². The maximum atomic E-state index is 12.7. The number of hydrogen-bond donors (Lipinski definition) is 1. The number of amides is 1. The highest BCUT2D eigenvalue weighted by molar-refractivity contribution is 8.00. The van der Waals surface area contributed by atoms with Gasteiger partial charge in [0.1, 0.15) is 11.1 Å². The molecule has 7 heteroatoms. The molecule has 6 nitrogen and oxygen atoms in total. The first kappa shape index (κ1) is 24.7. The third-order valence-corrected chi connectivity index (χ3v) is 6.44. The lowest BCUT2D eigenvalue weighted by Gasteiger charge is -2.13. The summed E-state index contributed by atoms with van der Waals surface area (Å²) in [5.74, 6) is -0.633. The number of nitriles is 1. The normalized spacial score (nSPS) is 10.4. The van der Waals surface area contributed by atoms with E-state index in [2.05, 4.69) is 11.4 Å². The van der Waals surface area contributed by atoms with E-state index in [0.29, 0.717) is 21.8 Å².